The highest BCUT2D eigenvalue weighted by Crippen LogP contribution is 2.35. The number of nitrogens with one attached hydrogen (secondary N) is 2. The van der Waals surface area contributed by atoms with Gasteiger partial charge in [0.1, 0.15) is 0 Å². The van der Waals surface area contributed by atoms with Crippen molar-refractivity contribution in [3.8, 4) is 0 Å². The lowest BCUT2D eigenvalue weighted by Gasteiger charge is -2.34. The maximum Gasteiger partial charge on any atom is 0.391 e. The van der Waals surface area contributed by atoms with Gasteiger partial charge in [0.15, 0.2) is 0 Å². The molecule has 0 radical (unpaired) electrons. The lowest BCUT2D eigenvalue weighted by Crippen LogP contribution is -2.38. The zero-order valence-electron chi connectivity index (χ0n) is 17.6. The monoisotopic (exact) mass is 431 g/mol. The van der Waals surface area contributed by atoms with Crippen LogP contribution in [0.15, 0.2) is 48.7 Å². The molecule has 0 bridgehead atoms. The van der Waals surface area contributed by atoms with E-state index >= 15 is 0 Å². The summed E-state index contributed by atoms with van der Waals surface area (Å²) in [6.07, 6.45) is -0.678. The molecule has 0 unspecified atom stereocenters. The van der Waals surface area contributed by atoms with Gasteiger partial charge >= 0.3 is 6.18 Å². The number of aryl methyl sites for hydroxylation is 1. The first kappa shape index (κ1) is 21.5. The van der Waals surface area contributed by atoms with Crippen LogP contribution in [-0.4, -0.2) is 42.6 Å². The van der Waals surface area contributed by atoms with Crippen LogP contribution in [0.25, 0.3) is 10.9 Å². The van der Waals surface area contributed by atoms with E-state index < -0.39 is 12.1 Å². The van der Waals surface area contributed by atoms with Crippen LogP contribution >= 0.6 is 0 Å². The van der Waals surface area contributed by atoms with Gasteiger partial charge in [-0.25, -0.2) is 0 Å². The van der Waals surface area contributed by atoms with Crippen LogP contribution in [0, 0.1) is 5.92 Å². The second kappa shape index (κ2) is 9.18. The summed E-state index contributed by atoms with van der Waals surface area (Å²) < 4.78 is 40.6. The molecule has 0 aliphatic carbocycles. The Balaban J connectivity index is 1.37. The molecule has 8 heteroatoms. The number of rotatable bonds is 7. The number of aromatic nitrogens is 2. The molecule has 2 N–H and O–H groups in total. The SMILES string of the molecule is CNCCCn1cc2cc(Nc3ccc(N4CCC(C(F)(F)F)CC4)cc3)ccc2n1. The molecule has 31 heavy (non-hydrogen) atoms. The van der Waals surface area contributed by atoms with E-state index in [0.717, 1.165) is 47.5 Å². The number of piperidine rings is 1. The fourth-order valence-corrected chi connectivity index (χ4v) is 4.07. The minimum Gasteiger partial charge on any atom is -0.372 e. The maximum absolute atomic E-state index is 12.9. The summed E-state index contributed by atoms with van der Waals surface area (Å²) in [7, 11) is 1.94. The van der Waals surface area contributed by atoms with Gasteiger partial charge in [0.05, 0.1) is 11.4 Å². The van der Waals surface area contributed by atoms with E-state index in [1.165, 1.54) is 0 Å². The molecular weight excluding hydrogens is 403 g/mol. The lowest BCUT2D eigenvalue weighted by molar-refractivity contribution is -0.179. The normalized spacial score (nSPS) is 15.5. The zero-order chi connectivity index (χ0) is 21.8. The van der Waals surface area contributed by atoms with Crippen molar-refractivity contribution < 1.29 is 13.2 Å². The molecule has 2 aromatic carbocycles. The molecule has 0 spiro atoms. The second-order valence-electron chi connectivity index (χ2n) is 8.10. The largest absolute Gasteiger partial charge is 0.391 e. The van der Waals surface area contributed by atoms with Gasteiger partial charge < -0.3 is 15.5 Å². The van der Waals surface area contributed by atoms with Gasteiger partial charge in [-0.1, -0.05) is 0 Å². The summed E-state index contributed by atoms with van der Waals surface area (Å²) in [4.78, 5) is 2.03. The van der Waals surface area contributed by atoms with Gasteiger partial charge in [0.25, 0.3) is 0 Å². The lowest BCUT2D eigenvalue weighted by atomic mass is 9.96. The molecule has 3 aromatic rings. The summed E-state index contributed by atoms with van der Waals surface area (Å²) in [6, 6.07) is 14.0. The summed E-state index contributed by atoms with van der Waals surface area (Å²) in [6.45, 7) is 2.71. The summed E-state index contributed by atoms with van der Waals surface area (Å²) in [5.74, 6) is -1.17. The number of alkyl halides is 3. The van der Waals surface area contributed by atoms with Crippen LogP contribution in [0.4, 0.5) is 30.2 Å². The van der Waals surface area contributed by atoms with Gasteiger partial charge in [-0.15, -0.1) is 0 Å². The Kier molecular flexibility index (Phi) is 6.36. The quantitative estimate of drug-likeness (QED) is 0.507. The number of benzene rings is 2. The predicted molar refractivity (Wildman–Crippen MR) is 119 cm³/mol. The Morgan fingerprint density at radius 2 is 1.74 bits per heavy atom. The van der Waals surface area contributed by atoms with Crippen molar-refractivity contribution in [1.82, 2.24) is 15.1 Å². The number of hydrogen-bond acceptors (Lipinski definition) is 4. The van der Waals surface area contributed by atoms with E-state index in [4.69, 9.17) is 0 Å². The highest BCUT2D eigenvalue weighted by Gasteiger charge is 2.41. The first-order valence-corrected chi connectivity index (χ1v) is 10.7. The van der Waals surface area contributed by atoms with E-state index in [9.17, 15) is 13.2 Å². The molecule has 166 valence electrons. The minimum absolute atomic E-state index is 0.159. The summed E-state index contributed by atoms with van der Waals surface area (Å²) in [5, 5.41) is 12.2. The molecule has 2 heterocycles. The fraction of sp³-hybridized carbons (Fsp3) is 0.435. The van der Waals surface area contributed by atoms with E-state index in [-0.39, 0.29) is 12.8 Å². The molecule has 5 nitrogen and oxygen atoms in total. The average molecular weight is 432 g/mol. The van der Waals surface area contributed by atoms with E-state index in [1.807, 2.05) is 53.0 Å². The smallest absolute Gasteiger partial charge is 0.372 e. The molecule has 4 rings (SSSR count). The van der Waals surface area contributed by atoms with Crippen LogP contribution in [0.2, 0.25) is 0 Å². The van der Waals surface area contributed by atoms with Crippen LogP contribution in [-0.2, 0) is 6.54 Å². The molecule has 1 aliphatic rings. The fourth-order valence-electron chi connectivity index (χ4n) is 4.07. The van der Waals surface area contributed by atoms with Crippen molar-refractivity contribution in [3.63, 3.8) is 0 Å². The van der Waals surface area contributed by atoms with Crippen molar-refractivity contribution in [2.75, 3.05) is 36.9 Å². The van der Waals surface area contributed by atoms with Gasteiger partial charge in [0, 0.05) is 48.3 Å². The third-order valence-corrected chi connectivity index (χ3v) is 5.84. The van der Waals surface area contributed by atoms with Gasteiger partial charge in [0.2, 0.25) is 0 Å². The molecule has 0 saturated carbocycles. The predicted octanol–water partition coefficient (Wildman–Crippen LogP) is 5.17. The Morgan fingerprint density at radius 1 is 1.03 bits per heavy atom. The Hall–Kier alpha value is -2.74. The third-order valence-electron chi connectivity index (χ3n) is 5.84. The standard InChI is InChI=1S/C23H28F3N5/c1-27-11-2-12-31-16-17-15-20(5-8-22(17)29-31)28-19-3-6-21(7-4-19)30-13-9-18(10-14-30)23(24,25)26/h3-8,15-16,18,27-28H,2,9-14H2,1H3. The third kappa shape index (κ3) is 5.31. The van der Waals surface area contributed by atoms with Crippen LogP contribution < -0.4 is 15.5 Å². The molecule has 0 amide bonds. The average Bonchev–Trinajstić information content (AvgIpc) is 3.16. The first-order chi connectivity index (χ1) is 14.9. The van der Waals surface area contributed by atoms with Crippen LogP contribution in [0.3, 0.4) is 0 Å². The molecule has 1 aromatic heterocycles. The minimum atomic E-state index is -4.08. The topological polar surface area (TPSA) is 45.1 Å². The van der Waals surface area contributed by atoms with Crippen LogP contribution in [0.5, 0.6) is 0 Å². The summed E-state index contributed by atoms with van der Waals surface area (Å²) in [5.41, 5.74) is 3.84. The van der Waals surface area contributed by atoms with E-state index in [2.05, 4.69) is 28.0 Å². The number of anilines is 3. The highest BCUT2D eigenvalue weighted by molar-refractivity contribution is 5.83. The van der Waals surface area contributed by atoms with Crippen molar-refractivity contribution in [3.05, 3.63) is 48.7 Å². The van der Waals surface area contributed by atoms with Crippen molar-refractivity contribution in [2.24, 2.45) is 5.92 Å². The number of halogens is 3. The molecule has 1 fully saturated rings. The molecule has 0 atom stereocenters. The zero-order valence-corrected chi connectivity index (χ0v) is 17.6. The molecule has 1 saturated heterocycles. The molecule has 1 aliphatic heterocycles. The van der Waals surface area contributed by atoms with Gasteiger partial charge in [-0.05, 0) is 75.3 Å². The van der Waals surface area contributed by atoms with Gasteiger partial charge in [-0.2, -0.15) is 18.3 Å². The van der Waals surface area contributed by atoms with Crippen molar-refractivity contribution in [2.45, 2.75) is 32.0 Å². The number of nitrogens with zero attached hydrogens (tertiary/aromatic N) is 3. The van der Waals surface area contributed by atoms with E-state index in [1.54, 1.807) is 0 Å². The summed E-state index contributed by atoms with van der Waals surface area (Å²) >= 11 is 0. The van der Waals surface area contributed by atoms with Crippen LogP contribution in [0.1, 0.15) is 19.3 Å². The number of hydrogen-bond donors (Lipinski definition) is 2. The second-order valence-corrected chi connectivity index (χ2v) is 8.10. The number of fused-ring (bicyclic) bond motifs is 1. The molecular formula is C23H28F3N5. The van der Waals surface area contributed by atoms with E-state index in [0.29, 0.717) is 13.1 Å². The maximum atomic E-state index is 12.9. The Bertz CT molecular complexity index is 989. The Morgan fingerprint density at radius 3 is 2.42 bits per heavy atom. The van der Waals surface area contributed by atoms with Crippen molar-refractivity contribution in [1.29, 1.82) is 0 Å². The highest BCUT2D eigenvalue weighted by atomic mass is 19.4. The van der Waals surface area contributed by atoms with Crippen molar-refractivity contribution >= 4 is 28.0 Å². The first-order valence-electron chi connectivity index (χ1n) is 10.7. The Labute approximate surface area is 180 Å². The van der Waals surface area contributed by atoms with Gasteiger partial charge in [-0.3, -0.25) is 4.68 Å².